The second kappa shape index (κ2) is 12.1. The Morgan fingerprint density at radius 3 is 2.84 bits per heavy atom. The summed E-state index contributed by atoms with van der Waals surface area (Å²) < 4.78 is 22.2. The first-order valence-corrected chi connectivity index (χ1v) is 12.9. The zero-order valence-electron chi connectivity index (χ0n) is 22.6. The van der Waals surface area contributed by atoms with Crippen molar-refractivity contribution in [3.63, 3.8) is 0 Å². The van der Waals surface area contributed by atoms with Crippen molar-refractivity contribution in [1.82, 2.24) is 15.5 Å². The van der Waals surface area contributed by atoms with Crippen LogP contribution < -0.4 is 10.7 Å². The minimum Gasteiger partial charge on any atom is -0.481 e. The second-order valence-electron chi connectivity index (χ2n) is 10.5. The summed E-state index contributed by atoms with van der Waals surface area (Å²) in [4.78, 5) is 20.3. The van der Waals surface area contributed by atoms with Crippen LogP contribution in [0.25, 0.3) is 5.70 Å². The molecule has 0 bridgehead atoms. The summed E-state index contributed by atoms with van der Waals surface area (Å²) in [5, 5.41) is 5.25. The van der Waals surface area contributed by atoms with Crippen LogP contribution in [0.1, 0.15) is 57.6 Å². The highest BCUT2D eigenvalue weighted by atomic mass is 16.8. The maximum absolute atomic E-state index is 12.6. The van der Waals surface area contributed by atoms with Crippen molar-refractivity contribution in [3.05, 3.63) is 46.9 Å². The van der Waals surface area contributed by atoms with E-state index >= 15 is 0 Å². The van der Waals surface area contributed by atoms with Gasteiger partial charge in [-0.15, -0.1) is 0 Å². The van der Waals surface area contributed by atoms with Gasteiger partial charge in [0.05, 0.1) is 19.4 Å². The topological polar surface area (TPSA) is 93.8 Å². The fraction of sp³-hybridized carbons (Fsp3) is 0.593. The van der Waals surface area contributed by atoms with Gasteiger partial charge in [0, 0.05) is 50.2 Å². The van der Waals surface area contributed by atoms with E-state index in [2.05, 4.69) is 28.9 Å². The number of allylic oxidation sites excluding steroid dienone is 2. The van der Waals surface area contributed by atoms with E-state index in [9.17, 15) is 4.79 Å². The third-order valence-corrected chi connectivity index (χ3v) is 6.34. The van der Waals surface area contributed by atoms with E-state index < -0.39 is 5.60 Å². The number of nitrogens with zero attached hydrogens (tertiary/aromatic N) is 2. The summed E-state index contributed by atoms with van der Waals surface area (Å²) in [5.41, 5.74) is 7.71. The summed E-state index contributed by atoms with van der Waals surface area (Å²) in [6.07, 6.45) is 5.36. The molecule has 0 spiro atoms. The first-order chi connectivity index (χ1) is 17.8. The number of benzene rings is 1. The second-order valence-corrected chi connectivity index (χ2v) is 10.5. The number of anilines is 1. The molecule has 37 heavy (non-hydrogen) atoms. The number of nitrogens with one attached hydrogen (secondary N) is 2. The SMILES string of the molecule is COCON1NC(OC)=CC2=C1c1ccc(N[C@@H]3CCCN(C(=O)OC(C)(C)C)C3)cc1COCCC2. The first-order valence-electron chi connectivity index (χ1n) is 12.9. The number of hydrogen-bond donors (Lipinski definition) is 2. The van der Waals surface area contributed by atoms with E-state index in [1.165, 1.54) is 0 Å². The molecule has 0 aromatic heterocycles. The molecule has 2 N–H and O–H groups in total. The number of hydrazine groups is 1. The van der Waals surface area contributed by atoms with Crippen molar-refractivity contribution in [2.24, 2.45) is 0 Å². The first kappa shape index (κ1) is 27.1. The fourth-order valence-corrected chi connectivity index (χ4v) is 4.73. The Morgan fingerprint density at radius 1 is 1.24 bits per heavy atom. The van der Waals surface area contributed by atoms with Gasteiger partial charge < -0.3 is 29.2 Å². The van der Waals surface area contributed by atoms with Crippen LogP contribution in [-0.2, 0) is 30.4 Å². The fourth-order valence-electron chi connectivity index (χ4n) is 4.73. The molecule has 1 aromatic carbocycles. The highest BCUT2D eigenvalue weighted by Gasteiger charge is 2.29. The van der Waals surface area contributed by atoms with Gasteiger partial charge in [0.15, 0.2) is 6.79 Å². The predicted octanol–water partition coefficient (Wildman–Crippen LogP) is 4.36. The van der Waals surface area contributed by atoms with E-state index in [-0.39, 0.29) is 18.9 Å². The molecule has 0 radical (unpaired) electrons. The molecule has 0 unspecified atom stereocenters. The Labute approximate surface area is 219 Å². The molecule has 204 valence electrons. The monoisotopic (exact) mass is 516 g/mol. The number of carbonyl (C=O) groups is 1. The zero-order valence-corrected chi connectivity index (χ0v) is 22.6. The Morgan fingerprint density at radius 2 is 2.08 bits per heavy atom. The molecule has 1 fully saturated rings. The Balaban J connectivity index is 1.57. The maximum atomic E-state index is 12.6. The van der Waals surface area contributed by atoms with E-state index in [0.717, 1.165) is 53.8 Å². The Hall–Kier alpha value is -2.95. The highest BCUT2D eigenvalue weighted by molar-refractivity contribution is 5.74. The van der Waals surface area contributed by atoms with Crippen molar-refractivity contribution < 1.29 is 28.6 Å². The summed E-state index contributed by atoms with van der Waals surface area (Å²) >= 11 is 0. The van der Waals surface area contributed by atoms with Crippen molar-refractivity contribution in [2.75, 3.05) is 46.0 Å². The molecular formula is C27H40N4O6. The lowest BCUT2D eigenvalue weighted by Crippen LogP contribution is -2.47. The summed E-state index contributed by atoms with van der Waals surface area (Å²) in [5.74, 6) is 0.599. The number of hydroxylamine groups is 1. The van der Waals surface area contributed by atoms with E-state index in [1.807, 2.05) is 26.8 Å². The lowest BCUT2D eigenvalue weighted by Gasteiger charge is -2.35. The van der Waals surface area contributed by atoms with Gasteiger partial charge in [0.2, 0.25) is 5.88 Å². The minimum atomic E-state index is -0.506. The smallest absolute Gasteiger partial charge is 0.410 e. The third-order valence-electron chi connectivity index (χ3n) is 6.34. The van der Waals surface area contributed by atoms with Gasteiger partial charge in [0.25, 0.3) is 0 Å². The largest absolute Gasteiger partial charge is 0.481 e. The molecule has 3 aliphatic heterocycles. The Bertz CT molecular complexity index is 1020. The van der Waals surface area contributed by atoms with Crippen LogP contribution in [0.2, 0.25) is 0 Å². The average Bonchev–Trinajstić information content (AvgIpc) is 2.95. The van der Waals surface area contributed by atoms with Crippen LogP contribution >= 0.6 is 0 Å². The Kier molecular flexibility index (Phi) is 8.83. The molecule has 1 saturated heterocycles. The van der Waals surface area contributed by atoms with Crippen LogP contribution in [0, 0.1) is 0 Å². The van der Waals surface area contributed by atoms with Crippen molar-refractivity contribution in [2.45, 2.75) is 64.7 Å². The zero-order chi connectivity index (χ0) is 26.4. The van der Waals surface area contributed by atoms with Crippen LogP contribution in [0.4, 0.5) is 10.5 Å². The van der Waals surface area contributed by atoms with Crippen molar-refractivity contribution in [1.29, 1.82) is 0 Å². The number of fused-ring (bicyclic) bond motifs is 2. The lowest BCUT2D eigenvalue weighted by molar-refractivity contribution is -0.209. The standard InChI is InChI=1S/C27H40N4O6/c1-27(2,3)37-26(32)30-12-6-9-22(16-30)28-21-10-11-23-20(14-21)17-35-13-7-8-19-15-24(34-5)29-31(25(19)23)36-18-33-4/h10-11,14-15,22,28-29H,6-9,12-13,16-18H2,1-5H3/t22-/m1/s1. The lowest BCUT2D eigenvalue weighted by atomic mass is 9.97. The molecule has 1 atom stereocenters. The average molecular weight is 517 g/mol. The van der Waals surface area contributed by atoms with Gasteiger partial charge >= 0.3 is 6.09 Å². The molecule has 10 heteroatoms. The summed E-state index contributed by atoms with van der Waals surface area (Å²) in [6, 6.07) is 6.42. The number of likely N-dealkylation sites (tertiary alicyclic amines) is 1. The number of carbonyl (C=O) groups excluding carboxylic acids is 1. The van der Waals surface area contributed by atoms with Crippen molar-refractivity contribution in [3.8, 4) is 0 Å². The van der Waals surface area contributed by atoms with Gasteiger partial charge in [-0.25, -0.2) is 15.1 Å². The van der Waals surface area contributed by atoms with Crippen molar-refractivity contribution >= 4 is 17.5 Å². The molecule has 3 heterocycles. The number of amides is 1. The van der Waals surface area contributed by atoms with Gasteiger partial charge in [0.1, 0.15) is 5.60 Å². The molecule has 4 rings (SSSR count). The van der Waals surface area contributed by atoms with Gasteiger partial charge in [-0.3, -0.25) is 0 Å². The highest BCUT2D eigenvalue weighted by Crippen LogP contribution is 2.35. The summed E-state index contributed by atoms with van der Waals surface area (Å²) in [6.45, 7) is 8.21. The minimum absolute atomic E-state index is 0.0854. The van der Waals surface area contributed by atoms with Gasteiger partial charge in [-0.05, 0) is 69.7 Å². The normalized spacial score (nSPS) is 20.5. The molecular weight excluding hydrogens is 476 g/mol. The van der Waals surface area contributed by atoms with E-state index in [4.69, 9.17) is 23.8 Å². The number of hydrogen-bond acceptors (Lipinski definition) is 9. The van der Waals surface area contributed by atoms with E-state index in [1.54, 1.807) is 24.3 Å². The third kappa shape index (κ3) is 7.09. The molecule has 1 amide bonds. The van der Waals surface area contributed by atoms with Crippen LogP contribution in [0.15, 0.2) is 35.7 Å². The quantitative estimate of drug-likeness (QED) is 0.535. The number of methoxy groups -OCH3 is 2. The predicted molar refractivity (Wildman–Crippen MR) is 140 cm³/mol. The van der Waals surface area contributed by atoms with Crippen LogP contribution in [0.3, 0.4) is 0 Å². The van der Waals surface area contributed by atoms with Gasteiger partial charge in [-0.2, -0.15) is 5.17 Å². The van der Waals surface area contributed by atoms with E-state index in [0.29, 0.717) is 32.2 Å². The molecule has 10 nitrogen and oxygen atoms in total. The van der Waals surface area contributed by atoms with Crippen LogP contribution in [-0.4, -0.2) is 68.5 Å². The number of rotatable bonds is 6. The molecule has 3 aliphatic rings. The molecule has 0 aliphatic carbocycles. The number of piperidine rings is 1. The molecule has 1 aromatic rings. The maximum Gasteiger partial charge on any atom is 0.410 e. The van der Waals surface area contributed by atoms with Gasteiger partial charge in [-0.1, -0.05) is 6.07 Å². The molecule has 0 saturated carbocycles. The summed E-state index contributed by atoms with van der Waals surface area (Å²) in [7, 11) is 3.21. The number of ether oxygens (including phenoxy) is 4. The van der Waals surface area contributed by atoms with Crippen LogP contribution in [0.5, 0.6) is 0 Å².